The molecule has 0 unspecified atom stereocenters. The molecule has 0 saturated heterocycles. The van der Waals surface area contributed by atoms with Crippen LogP contribution in [0, 0.1) is 0 Å². The standard InChI is InChI=1S/C19H21Cl2N3O2S/c1-3-22-19(27)24-23-11-13-9-16(21)18(17(10-13)25-4-2)26-12-14-7-5-6-8-15(14)20/h5-11H,3-4,12H2,1-2H3,(H2,22,24,27)/b23-11-. The van der Waals surface area contributed by atoms with E-state index in [-0.39, 0.29) is 6.61 Å². The fourth-order valence-corrected chi connectivity index (χ4v) is 2.86. The van der Waals surface area contributed by atoms with Gasteiger partial charge in [0.05, 0.1) is 17.8 Å². The van der Waals surface area contributed by atoms with Crippen LogP contribution in [0.1, 0.15) is 25.0 Å². The zero-order valence-corrected chi connectivity index (χ0v) is 17.4. The molecule has 2 rings (SSSR count). The average molecular weight is 426 g/mol. The van der Waals surface area contributed by atoms with E-state index in [1.165, 1.54) is 0 Å². The second-order valence-electron chi connectivity index (χ2n) is 5.37. The van der Waals surface area contributed by atoms with E-state index >= 15 is 0 Å². The smallest absolute Gasteiger partial charge is 0.186 e. The number of hydrogen-bond acceptors (Lipinski definition) is 4. The highest BCUT2D eigenvalue weighted by Gasteiger charge is 2.13. The van der Waals surface area contributed by atoms with Crippen molar-refractivity contribution in [3.8, 4) is 11.5 Å². The lowest BCUT2D eigenvalue weighted by Crippen LogP contribution is -2.31. The second kappa shape index (κ2) is 11.0. The molecule has 0 fully saturated rings. The van der Waals surface area contributed by atoms with E-state index < -0.39 is 0 Å². The number of hydrogen-bond donors (Lipinski definition) is 2. The maximum atomic E-state index is 6.41. The molecule has 0 saturated carbocycles. The second-order valence-corrected chi connectivity index (χ2v) is 6.60. The van der Waals surface area contributed by atoms with Crippen molar-refractivity contribution in [3.05, 3.63) is 57.6 Å². The minimum Gasteiger partial charge on any atom is -0.490 e. The fourth-order valence-electron chi connectivity index (χ4n) is 2.20. The molecule has 144 valence electrons. The van der Waals surface area contributed by atoms with Crippen molar-refractivity contribution >= 4 is 46.7 Å². The van der Waals surface area contributed by atoms with Crippen LogP contribution in [0.25, 0.3) is 0 Å². The topological polar surface area (TPSA) is 54.9 Å². The van der Waals surface area contributed by atoms with Gasteiger partial charge in [0, 0.05) is 17.1 Å². The van der Waals surface area contributed by atoms with Crippen molar-refractivity contribution in [1.82, 2.24) is 10.7 Å². The van der Waals surface area contributed by atoms with Gasteiger partial charge in [-0.3, -0.25) is 5.43 Å². The highest BCUT2D eigenvalue weighted by atomic mass is 35.5. The summed E-state index contributed by atoms with van der Waals surface area (Å²) in [5.74, 6) is 1.000. The van der Waals surface area contributed by atoms with Crippen LogP contribution >= 0.6 is 35.4 Å². The molecule has 8 heteroatoms. The summed E-state index contributed by atoms with van der Waals surface area (Å²) in [6, 6.07) is 11.0. The first kappa shape index (κ1) is 21.3. The Labute approximate surface area is 174 Å². The monoisotopic (exact) mass is 425 g/mol. The quantitative estimate of drug-likeness (QED) is 0.361. The van der Waals surface area contributed by atoms with Crippen LogP contribution in [0.15, 0.2) is 41.5 Å². The van der Waals surface area contributed by atoms with Crippen molar-refractivity contribution in [2.24, 2.45) is 5.10 Å². The highest BCUT2D eigenvalue weighted by Crippen LogP contribution is 2.37. The average Bonchev–Trinajstić information content (AvgIpc) is 2.63. The number of hydrazone groups is 1. The molecule has 0 radical (unpaired) electrons. The van der Waals surface area contributed by atoms with Crippen molar-refractivity contribution in [1.29, 1.82) is 0 Å². The largest absolute Gasteiger partial charge is 0.490 e. The molecule has 0 aliphatic rings. The third kappa shape index (κ3) is 6.57. The van der Waals surface area contributed by atoms with E-state index in [2.05, 4.69) is 15.8 Å². The van der Waals surface area contributed by atoms with Crippen LogP contribution in [-0.2, 0) is 6.61 Å². The zero-order chi connectivity index (χ0) is 19.6. The minimum absolute atomic E-state index is 0.283. The maximum absolute atomic E-state index is 6.41. The number of benzene rings is 2. The lowest BCUT2D eigenvalue weighted by molar-refractivity contribution is 0.269. The molecule has 0 spiro atoms. The molecule has 0 aliphatic heterocycles. The first-order chi connectivity index (χ1) is 13.0. The molecule has 0 amide bonds. The molecule has 0 heterocycles. The van der Waals surface area contributed by atoms with E-state index in [0.717, 1.165) is 17.7 Å². The molecule has 2 aromatic rings. The van der Waals surface area contributed by atoms with E-state index in [1.807, 2.05) is 38.1 Å². The highest BCUT2D eigenvalue weighted by molar-refractivity contribution is 7.80. The maximum Gasteiger partial charge on any atom is 0.186 e. The number of halogens is 2. The lowest BCUT2D eigenvalue weighted by atomic mass is 10.2. The Kier molecular flexibility index (Phi) is 8.64. The summed E-state index contributed by atoms with van der Waals surface area (Å²) < 4.78 is 11.6. The van der Waals surface area contributed by atoms with E-state index in [0.29, 0.717) is 33.3 Å². The predicted molar refractivity (Wildman–Crippen MR) is 115 cm³/mol. The summed E-state index contributed by atoms with van der Waals surface area (Å²) in [6.45, 7) is 5.32. The van der Waals surface area contributed by atoms with Gasteiger partial charge in [0.25, 0.3) is 0 Å². The van der Waals surface area contributed by atoms with Gasteiger partial charge in [-0.15, -0.1) is 0 Å². The Morgan fingerprint density at radius 3 is 2.63 bits per heavy atom. The third-order valence-corrected chi connectivity index (χ3v) is 4.26. The molecule has 0 aliphatic carbocycles. The van der Waals surface area contributed by atoms with Gasteiger partial charge in [-0.05, 0) is 49.8 Å². The van der Waals surface area contributed by atoms with Crippen LogP contribution in [0.3, 0.4) is 0 Å². The van der Waals surface area contributed by atoms with Crippen LogP contribution in [0.2, 0.25) is 10.0 Å². The Hall–Kier alpha value is -2.02. The van der Waals surface area contributed by atoms with Crippen LogP contribution in [0.4, 0.5) is 0 Å². The van der Waals surface area contributed by atoms with Gasteiger partial charge in [0.1, 0.15) is 6.61 Å². The summed E-state index contributed by atoms with van der Waals surface area (Å²) in [5.41, 5.74) is 4.35. The van der Waals surface area contributed by atoms with Gasteiger partial charge < -0.3 is 14.8 Å². The summed E-state index contributed by atoms with van der Waals surface area (Å²) in [4.78, 5) is 0. The molecular formula is C19H21Cl2N3O2S. The number of ether oxygens (including phenoxy) is 2. The molecule has 0 aromatic heterocycles. The van der Waals surface area contributed by atoms with Crippen molar-refractivity contribution in [3.63, 3.8) is 0 Å². The summed E-state index contributed by atoms with van der Waals surface area (Å²) in [7, 11) is 0. The van der Waals surface area contributed by atoms with Crippen molar-refractivity contribution in [2.45, 2.75) is 20.5 Å². The first-order valence-corrected chi connectivity index (χ1v) is 9.61. The van der Waals surface area contributed by atoms with Crippen LogP contribution in [0.5, 0.6) is 11.5 Å². The molecule has 2 aromatic carbocycles. The molecule has 0 atom stereocenters. The van der Waals surface area contributed by atoms with E-state index in [4.69, 9.17) is 44.9 Å². The summed E-state index contributed by atoms with van der Waals surface area (Å²) in [5, 5.41) is 8.54. The van der Waals surface area contributed by atoms with Crippen LogP contribution in [-0.4, -0.2) is 24.5 Å². The SMILES string of the molecule is CCNC(=S)N/N=C\c1cc(Cl)c(OCc2ccccc2Cl)c(OCC)c1. The Morgan fingerprint density at radius 1 is 1.15 bits per heavy atom. The molecule has 2 N–H and O–H groups in total. The third-order valence-electron chi connectivity index (χ3n) is 3.38. The van der Waals surface area contributed by atoms with Gasteiger partial charge in [-0.1, -0.05) is 41.4 Å². The molecule has 27 heavy (non-hydrogen) atoms. The van der Waals surface area contributed by atoms with E-state index in [1.54, 1.807) is 18.3 Å². The molecule has 5 nitrogen and oxygen atoms in total. The number of nitrogens with one attached hydrogen (secondary N) is 2. The van der Waals surface area contributed by atoms with E-state index in [9.17, 15) is 0 Å². The van der Waals surface area contributed by atoms with Gasteiger partial charge in [-0.2, -0.15) is 5.10 Å². The first-order valence-electron chi connectivity index (χ1n) is 8.44. The van der Waals surface area contributed by atoms with Crippen molar-refractivity contribution < 1.29 is 9.47 Å². The summed E-state index contributed by atoms with van der Waals surface area (Å²) in [6.07, 6.45) is 1.61. The Bertz CT molecular complexity index is 816. The molecule has 0 bridgehead atoms. The van der Waals surface area contributed by atoms with Crippen LogP contribution < -0.4 is 20.2 Å². The Balaban J connectivity index is 2.16. The normalized spacial score (nSPS) is 10.7. The minimum atomic E-state index is 0.283. The lowest BCUT2D eigenvalue weighted by Gasteiger charge is -2.15. The fraction of sp³-hybridized carbons (Fsp3) is 0.263. The number of thiocarbonyl (C=S) groups is 1. The van der Waals surface area contributed by atoms with Gasteiger partial charge in [-0.25, -0.2) is 0 Å². The predicted octanol–water partition coefficient (Wildman–Crippen LogP) is 4.79. The number of rotatable bonds is 8. The number of nitrogens with zero attached hydrogens (tertiary/aromatic N) is 1. The molecular weight excluding hydrogens is 405 g/mol. The van der Waals surface area contributed by atoms with Crippen molar-refractivity contribution in [2.75, 3.05) is 13.2 Å². The Morgan fingerprint density at radius 2 is 1.93 bits per heavy atom. The van der Waals surface area contributed by atoms with Gasteiger partial charge in [0.15, 0.2) is 16.6 Å². The van der Waals surface area contributed by atoms with Gasteiger partial charge in [0.2, 0.25) is 0 Å². The zero-order valence-electron chi connectivity index (χ0n) is 15.1. The summed E-state index contributed by atoms with van der Waals surface area (Å²) >= 11 is 17.6. The van der Waals surface area contributed by atoms with Gasteiger partial charge >= 0.3 is 0 Å².